The summed E-state index contributed by atoms with van der Waals surface area (Å²) in [6.07, 6.45) is 0. The molecule has 0 aliphatic carbocycles. The zero-order chi connectivity index (χ0) is 16.7. The second kappa shape index (κ2) is 9.30. The molecule has 0 fully saturated rings. The van der Waals surface area contributed by atoms with E-state index in [1.54, 1.807) is 0 Å². The molecule has 0 atom stereocenters. The Morgan fingerprint density at radius 2 is 1.09 bits per heavy atom. The van der Waals surface area contributed by atoms with Gasteiger partial charge >= 0.3 is 35.6 Å². The molecule has 0 bridgehead atoms. The van der Waals surface area contributed by atoms with Crippen molar-refractivity contribution in [1.29, 1.82) is 0 Å². The van der Waals surface area contributed by atoms with Gasteiger partial charge in [-0.05, 0) is 0 Å². The Morgan fingerprint density at radius 3 is 1.43 bits per heavy atom. The van der Waals surface area contributed by atoms with Crippen molar-refractivity contribution in [3.63, 3.8) is 0 Å². The molecule has 4 rings (SSSR count). The van der Waals surface area contributed by atoms with E-state index >= 15 is 0 Å². The van der Waals surface area contributed by atoms with Crippen LogP contribution in [0.25, 0.3) is 21.5 Å². The van der Waals surface area contributed by atoms with Crippen LogP contribution in [0, 0.1) is 13.8 Å². The summed E-state index contributed by atoms with van der Waals surface area (Å²) in [4.78, 5) is 0. The van der Waals surface area contributed by atoms with Crippen LogP contribution >= 0.6 is 18.6 Å². The normalized spacial score (nSPS) is 9.74. The van der Waals surface area contributed by atoms with Gasteiger partial charge in [0.1, 0.15) is 0 Å². The average molecular weight is 377 g/mol. The number of fused-ring (bicyclic) bond motifs is 2. The van der Waals surface area contributed by atoms with E-state index in [9.17, 15) is 0 Å². The van der Waals surface area contributed by atoms with E-state index in [2.05, 4.69) is 86.6 Å². The van der Waals surface area contributed by atoms with E-state index in [4.69, 9.17) is 18.6 Å². The first-order chi connectivity index (χ1) is 11.2. The molecule has 0 radical (unpaired) electrons. The van der Waals surface area contributed by atoms with Gasteiger partial charge < -0.3 is 0 Å². The topological polar surface area (TPSA) is 0 Å². The molecule has 0 N–H and O–H groups in total. The molecule has 118 valence electrons. The van der Waals surface area contributed by atoms with Gasteiger partial charge in [-0.25, -0.2) is 0 Å². The molecule has 4 aromatic rings. The fourth-order valence-electron chi connectivity index (χ4n) is 2.65. The van der Waals surface area contributed by atoms with Gasteiger partial charge in [0.05, 0.1) is 0 Å². The van der Waals surface area contributed by atoms with Gasteiger partial charge in [-0.15, -0.1) is 69.1 Å². The first-order valence-corrected chi connectivity index (χ1v) is 11.7. The number of benzene rings is 2. The molecule has 0 amide bonds. The summed E-state index contributed by atoms with van der Waals surface area (Å²) in [6, 6.07) is 25.5. The van der Waals surface area contributed by atoms with Gasteiger partial charge in [-0.2, -0.15) is 24.3 Å². The molecule has 0 saturated heterocycles. The predicted molar refractivity (Wildman–Crippen MR) is 100 cm³/mol. The monoisotopic (exact) mass is 376 g/mol. The fraction of sp³-hybridized carbons (Fsp3) is 0.100. The van der Waals surface area contributed by atoms with Gasteiger partial charge in [0.15, 0.2) is 0 Å². The van der Waals surface area contributed by atoms with Crippen LogP contribution in [-0.4, -0.2) is 0 Å². The van der Waals surface area contributed by atoms with Crippen molar-refractivity contribution in [2.45, 2.75) is 13.8 Å². The van der Waals surface area contributed by atoms with Crippen molar-refractivity contribution in [1.82, 2.24) is 0 Å². The van der Waals surface area contributed by atoms with Crippen LogP contribution in [0.2, 0.25) is 0 Å². The fourth-order valence-corrected chi connectivity index (χ4v) is 2.65. The molecule has 0 saturated carbocycles. The standard InChI is InChI=1S/2C10H9.2ClH.Ti/c2*1-8-4-2-5-9-6-3-7-10(8)9;;;/h2*2-7H,1H3;2*1H;/q2*-1;;;+2/p-2. The van der Waals surface area contributed by atoms with Crippen molar-refractivity contribution in [2.24, 2.45) is 0 Å². The van der Waals surface area contributed by atoms with Crippen LogP contribution in [0.3, 0.4) is 0 Å². The zero-order valence-electron chi connectivity index (χ0n) is 13.2. The number of aryl methyl sites for hydroxylation is 2. The van der Waals surface area contributed by atoms with E-state index < -0.39 is 17.0 Å². The molecule has 0 aromatic heterocycles. The third-order valence-corrected chi connectivity index (χ3v) is 3.79. The first kappa shape index (κ1) is 18.3. The summed E-state index contributed by atoms with van der Waals surface area (Å²) in [7, 11) is 9.78. The minimum absolute atomic E-state index is 0.556. The third kappa shape index (κ3) is 4.96. The molecule has 0 aliphatic rings. The van der Waals surface area contributed by atoms with E-state index in [-0.39, 0.29) is 0 Å². The SMILES string of the molecule is Cc1cccc2cc[cH-]c12.Cc1cccc2cc[cH-]c12.[Cl][Ti][Cl]. The van der Waals surface area contributed by atoms with Crippen LogP contribution in [0.1, 0.15) is 11.1 Å². The van der Waals surface area contributed by atoms with E-state index in [0.29, 0.717) is 0 Å². The summed E-state index contributed by atoms with van der Waals surface area (Å²) < 4.78 is 0. The Bertz CT molecular complexity index is 786. The molecule has 4 aromatic carbocycles. The average Bonchev–Trinajstić information content (AvgIpc) is 3.18. The van der Waals surface area contributed by atoms with Crippen LogP contribution in [0.4, 0.5) is 0 Å². The molecule has 3 heteroatoms. The van der Waals surface area contributed by atoms with Gasteiger partial charge in [0.25, 0.3) is 0 Å². The second-order valence-electron chi connectivity index (χ2n) is 5.28. The van der Waals surface area contributed by atoms with Crippen molar-refractivity contribution < 1.29 is 17.0 Å². The Kier molecular flexibility index (Phi) is 7.40. The molecule has 0 spiro atoms. The quantitative estimate of drug-likeness (QED) is 0.226. The Morgan fingerprint density at radius 1 is 0.696 bits per heavy atom. The van der Waals surface area contributed by atoms with E-state index in [1.165, 1.54) is 32.7 Å². The Hall–Kier alpha value is -1.05. The molecular formula is C20H18Cl2Ti-2. The number of rotatable bonds is 0. The molecule has 0 heterocycles. The summed E-state index contributed by atoms with van der Waals surface area (Å²) in [5, 5.41) is 5.45. The van der Waals surface area contributed by atoms with Crippen molar-refractivity contribution >= 4 is 40.2 Å². The van der Waals surface area contributed by atoms with E-state index in [1.807, 2.05) is 0 Å². The van der Waals surface area contributed by atoms with Gasteiger partial charge in [-0.3, -0.25) is 0 Å². The summed E-state index contributed by atoms with van der Waals surface area (Å²) in [6.45, 7) is 4.28. The molecule has 0 unspecified atom stereocenters. The van der Waals surface area contributed by atoms with Crippen LogP contribution in [-0.2, 0) is 17.0 Å². The summed E-state index contributed by atoms with van der Waals surface area (Å²) in [5.74, 6) is 0. The zero-order valence-corrected chi connectivity index (χ0v) is 16.3. The molecule has 23 heavy (non-hydrogen) atoms. The predicted octanol–water partition coefficient (Wildman–Crippen LogP) is 7.11. The van der Waals surface area contributed by atoms with Crippen molar-refractivity contribution in [3.8, 4) is 0 Å². The second-order valence-corrected chi connectivity index (χ2v) is 7.86. The van der Waals surface area contributed by atoms with Crippen LogP contribution < -0.4 is 0 Å². The summed E-state index contributed by atoms with van der Waals surface area (Å²) >= 11 is -0.556. The summed E-state index contributed by atoms with van der Waals surface area (Å²) in [5.41, 5.74) is 2.73. The third-order valence-electron chi connectivity index (χ3n) is 3.79. The van der Waals surface area contributed by atoms with Crippen LogP contribution in [0.15, 0.2) is 72.8 Å². The minimum atomic E-state index is -0.556. The molecule has 0 nitrogen and oxygen atoms in total. The van der Waals surface area contributed by atoms with Gasteiger partial charge in [0.2, 0.25) is 0 Å². The first-order valence-electron chi connectivity index (χ1n) is 7.35. The van der Waals surface area contributed by atoms with Gasteiger partial charge in [0, 0.05) is 0 Å². The van der Waals surface area contributed by atoms with Crippen LogP contribution in [0.5, 0.6) is 0 Å². The number of hydrogen-bond donors (Lipinski definition) is 0. The maximum atomic E-state index is 4.89. The Labute approximate surface area is 154 Å². The number of hydrogen-bond acceptors (Lipinski definition) is 0. The molecular weight excluding hydrogens is 359 g/mol. The molecule has 0 aliphatic heterocycles. The van der Waals surface area contributed by atoms with Crippen molar-refractivity contribution in [3.05, 3.63) is 83.9 Å². The number of halogens is 2. The Balaban J connectivity index is 0.000000143. The maximum absolute atomic E-state index is 4.89. The van der Waals surface area contributed by atoms with E-state index in [0.717, 1.165) is 0 Å². The van der Waals surface area contributed by atoms with Crippen molar-refractivity contribution in [2.75, 3.05) is 0 Å². The van der Waals surface area contributed by atoms with Gasteiger partial charge in [-0.1, -0.05) is 26.0 Å².